The summed E-state index contributed by atoms with van der Waals surface area (Å²) in [6.07, 6.45) is 2.98. The van der Waals surface area contributed by atoms with Gasteiger partial charge < -0.3 is 20.1 Å². The van der Waals surface area contributed by atoms with Crippen LogP contribution in [-0.4, -0.2) is 61.9 Å². The number of carbonyl (C=O) groups is 1. The number of likely N-dealkylation sites (tertiary alicyclic amines) is 1. The van der Waals surface area contributed by atoms with E-state index in [0.29, 0.717) is 13.0 Å². The minimum absolute atomic E-state index is 0.0111. The predicted molar refractivity (Wildman–Crippen MR) is 61.2 cm³/mol. The zero-order valence-corrected chi connectivity index (χ0v) is 9.95. The van der Waals surface area contributed by atoms with E-state index in [1.54, 1.807) is 7.11 Å². The molecule has 2 N–H and O–H groups in total. The molecule has 1 aliphatic rings. The number of nitrogens with one attached hydrogen (secondary N) is 1. The Kier molecular flexibility index (Phi) is 6.37. The van der Waals surface area contributed by atoms with Gasteiger partial charge in [-0.2, -0.15) is 0 Å². The lowest BCUT2D eigenvalue weighted by molar-refractivity contribution is -0.122. The van der Waals surface area contributed by atoms with Crippen molar-refractivity contribution in [2.24, 2.45) is 0 Å². The number of hydrogen-bond donors (Lipinski definition) is 2. The van der Waals surface area contributed by atoms with Gasteiger partial charge in [-0.3, -0.25) is 4.79 Å². The van der Waals surface area contributed by atoms with Gasteiger partial charge in [-0.15, -0.1) is 0 Å². The molecule has 1 atom stereocenters. The molecule has 16 heavy (non-hydrogen) atoms. The Morgan fingerprint density at radius 1 is 1.50 bits per heavy atom. The van der Waals surface area contributed by atoms with E-state index in [0.717, 1.165) is 19.6 Å². The van der Waals surface area contributed by atoms with Gasteiger partial charge in [0.15, 0.2) is 0 Å². The van der Waals surface area contributed by atoms with Gasteiger partial charge in [0.1, 0.15) is 0 Å². The highest BCUT2D eigenvalue weighted by atomic mass is 16.5. The minimum Gasteiger partial charge on any atom is -0.394 e. The van der Waals surface area contributed by atoms with Crippen LogP contribution >= 0.6 is 0 Å². The fraction of sp³-hybridized carbons (Fsp3) is 0.909. The normalized spacial score (nSPS) is 18.6. The molecule has 0 aromatic rings. The summed E-state index contributed by atoms with van der Waals surface area (Å²) in [6, 6.07) is -0.281. The van der Waals surface area contributed by atoms with Crippen LogP contribution < -0.4 is 5.32 Å². The average Bonchev–Trinajstić information content (AvgIpc) is 2.78. The van der Waals surface area contributed by atoms with Crippen molar-refractivity contribution in [2.45, 2.75) is 25.3 Å². The third-order valence-corrected chi connectivity index (χ3v) is 2.81. The summed E-state index contributed by atoms with van der Waals surface area (Å²) in [6.45, 7) is 3.30. The Morgan fingerprint density at radius 3 is 2.75 bits per heavy atom. The molecule has 5 heteroatoms. The number of amides is 1. The van der Waals surface area contributed by atoms with Crippen LogP contribution in [0.3, 0.4) is 0 Å². The van der Waals surface area contributed by atoms with Gasteiger partial charge in [-0.05, 0) is 25.9 Å². The molecule has 0 aromatic heterocycles. The summed E-state index contributed by atoms with van der Waals surface area (Å²) in [4.78, 5) is 13.8. The van der Waals surface area contributed by atoms with Crippen LogP contribution in [0.15, 0.2) is 0 Å². The zero-order valence-electron chi connectivity index (χ0n) is 9.95. The minimum atomic E-state index is -0.281. The number of aliphatic hydroxyl groups is 1. The van der Waals surface area contributed by atoms with E-state index in [-0.39, 0.29) is 18.6 Å². The monoisotopic (exact) mass is 230 g/mol. The lowest BCUT2D eigenvalue weighted by Crippen LogP contribution is -2.41. The van der Waals surface area contributed by atoms with Crippen LogP contribution in [0.25, 0.3) is 0 Å². The van der Waals surface area contributed by atoms with Crippen molar-refractivity contribution in [2.75, 3.05) is 40.0 Å². The molecule has 0 bridgehead atoms. The van der Waals surface area contributed by atoms with Crippen molar-refractivity contribution < 1.29 is 14.6 Å². The third-order valence-electron chi connectivity index (χ3n) is 2.81. The van der Waals surface area contributed by atoms with Gasteiger partial charge in [0.05, 0.1) is 19.3 Å². The molecule has 1 unspecified atom stereocenters. The van der Waals surface area contributed by atoms with E-state index in [4.69, 9.17) is 9.84 Å². The van der Waals surface area contributed by atoms with Gasteiger partial charge in [-0.1, -0.05) is 0 Å². The second kappa shape index (κ2) is 7.60. The quantitative estimate of drug-likeness (QED) is 0.624. The first-order chi connectivity index (χ1) is 7.76. The summed E-state index contributed by atoms with van der Waals surface area (Å²) in [7, 11) is 1.55. The predicted octanol–water partition coefficient (Wildman–Crippen LogP) is -0.404. The fourth-order valence-corrected chi connectivity index (χ4v) is 1.91. The van der Waals surface area contributed by atoms with Crippen molar-refractivity contribution in [1.82, 2.24) is 10.2 Å². The molecule has 5 nitrogen and oxygen atoms in total. The van der Waals surface area contributed by atoms with Crippen LogP contribution in [0, 0.1) is 0 Å². The Morgan fingerprint density at radius 2 is 2.19 bits per heavy atom. The number of rotatable bonds is 7. The summed E-state index contributed by atoms with van der Waals surface area (Å²) in [5.41, 5.74) is 0. The second-order valence-corrected chi connectivity index (χ2v) is 4.20. The Bertz CT molecular complexity index is 205. The molecule has 94 valence electrons. The molecule has 1 amide bonds. The molecule has 1 aliphatic heterocycles. The van der Waals surface area contributed by atoms with Gasteiger partial charge in [0, 0.05) is 20.1 Å². The Labute approximate surface area is 96.8 Å². The van der Waals surface area contributed by atoms with Gasteiger partial charge in [0.25, 0.3) is 0 Å². The molecule has 1 rings (SSSR count). The zero-order chi connectivity index (χ0) is 11.8. The molecule has 0 radical (unpaired) electrons. The first kappa shape index (κ1) is 13.4. The first-order valence-electron chi connectivity index (χ1n) is 5.87. The Hall–Kier alpha value is -0.650. The van der Waals surface area contributed by atoms with Crippen molar-refractivity contribution in [3.8, 4) is 0 Å². The fourth-order valence-electron chi connectivity index (χ4n) is 1.91. The lowest BCUT2D eigenvalue weighted by atomic mass is 10.3. The third kappa shape index (κ3) is 4.92. The highest BCUT2D eigenvalue weighted by Gasteiger charge is 2.14. The number of methoxy groups -OCH3 is 1. The molecule has 0 aromatic carbocycles. The average molecular weight is 230 g/mol. The van der Waals surface area contributed by atoms with Crippen LogP contribution in [-0.2, 0) is 9.53 Å². The highest BCUT2D eigenvalue weighted by molar-refractivity contribution is 5.76. The van der Waals surface area contributed by atoms with Crippen molar-refractivity contribution in [1.29, 1.82) is 0 Å². The summed E-state index contributed by atoms with van der Waals surface area (Å²) >= 11 is 0. The van der Waals surface area contributed by atoms with Crippen LogP contribution in [0.5, 0.6) is 0 Å². The number of ether oxygens (including phenoxy) is 1. The van der Waals surface area contributed by atoms with Crippen LogP contribution in [0.2, 0.25) is 0 Å². The molecule has 0 spiro atoms. The number of nitrogens with zero attached hydrogens (tertiary/aromatic N) is 1. The topological polar surface area (TPSA) is 61.8 Å². The first-order valence-corrected chi connectivity index (χ1v) is 5.87. The van der Waals surface area contributed by atoms with E-state index < -0.39 is 0 Å². The van der Waals surface area contributed by atoms with Gasteiger partial charge in [-0.25, -0.2) is 0 Å². The summed E-state index contributed by atoms with van der Waals surface area (Å²) in [5, 5.41) is 11.7. The van der Waals surface area contributed by atoms with E-state index >= 15 is 0 Å². The smallest absolute Gasteiger partial charge is 0.221 e. The molecule has 1 heterocycles. The lowest BCUT2D eigenvalue weighted by Gasteiger charge is -2.17. The van der Waals surface area contributed by atoms with Gasteiger partial charge >= 0.3 is 0 Å². The van der Waals surface area contributed by atoms with E-state index in [2.05, 4.69) is 10.2 Å². The maximum Gasteiger partial charge on any atom is 0.221 e. The number of aliphatic hydroxyl groups excluding tert-OH is 1. The largest absolute Gasteiger partial charge is 0.394 e. The van der Waals surface area contributed by atoms with E-state index in [1.807, 2.05) is 0 Å². The van der Waals surface area contributed by atoms with E-state index in [9.17, 15) is 4.79 Å². The highest BCUT2D eigenvalue weighted by Crippen LogP contribution is 2.07. The molecular formula is C11H22N2O3. The Balaban J connectivity index is 2.13. The molecule has 0 saturated carbocycles. The van der Waals surface area contributed by atoms with Crippen molar-refractivity contribution in [3.63, 3.8) is 0 Å². The number of carbonyl (C=O) groups excluding carboxylic acids is 1. The van der Waals surface area contributed by atoms with Crippen molar-refractivity contribution >= 4 is 5.91 Å². The maximum atomic E-state index is 11.5. The summed E-state index contributed by atoms with van der Waals surface area (Å²) in [5.74, 6) is -0.0111. The number of hydrogen-bond acceptors (Lipinski definition) is 4. The second-order valence-electron chi connectivity index (χ2n) is 4.20. The van der Waals surface area contributed by atoms with Crippen molar-refractivity contribution in [3.05, 3.63) is 0 Å². The maximum absolute atomic E-state index is 11.5. The molecule has 1 saturated heterocycles. The van der Waals surface area contributed by atoms with E-state index in [1.165, 1.54) is 12.8 Å². The summed E-state index contributed by atoms with van der Waals surface area (Å²) < 4.78 is 4.89. The van der Waals surface area contributed by atoms with Crippen LogP contribution in [0.4, 0.5) is 0 Å². The van der Waals surface area contributed by atoms with Crippen LogP contribution in [0.1, 0.15) is 19.3 Å². The molecule has 1 fully saturated rings. The van der Waals surface area contributed by atoms with Gasteiger partial charge in [0.2, 0.25) is 5.91 Å². The SMILES string of the molecule is COCC(CO)NC(=O)CCN1CCCC1. The standard InChI is InChI=1S/C11H22N2O3/c1-16-9-10(8-14)12-11(15)4-7-13-5-2-3-6-13/h10,14H,2-9H2,1H3,(H,12,15). The molecular weight excluding hydrogens is 208 g/mol. The molecule has 0 aliphatic carbocycles.